The van der Waals surface area contributed by atoms with Crippen LogP contribution in [0.15, 0.2) is 65.9 Å². The Morgan fingerprint density at radius 2 is 1.86 bits per heavy atom. The summed E-state index contributed by atoms with van der Waals surface area (Å²) >= 11 is 8.38. The molecule has 0 amide bonds. The van der Waals surface area contributed by atoms with Crippen molar-refractivity contribution < 1.29 is 0 Å². The van der Waals surface area contributed by atoms with Crippen LogP contribution in [0.4, 0.5) is 5.69 Å². The average molecular weight is 501 g/mol. The first-order valence-electron chi connectivity index (χ1n) is 8.81. The van der Waals surface area contributed by atoms with E-state index in [0.717, 1.165) is 33.5 Å². The summed E-state index contributed by atoms with van der Waals surface area (Å²) in [6, 6.07) is 18.2. The number of fused-ring (bicyclic) bond motifs is 1. The van der Waals surface area contributed by atoms with E-state index < -0.39 is 0 Å². The molecule has 4 nitrogen and oxygen atoms in total. The van der Waals surface area contributed by atoms with Gasteiger partial charge in [-0.3, -0.25) is 10.4 Å². The summed E-state index contributed by atoms with van der Waals surface area (Å²) in [5, 5.41) is 6.11. The lowest BCUT2D eigenvalue weighted by atomic mass is 10.2. The summed E-state index contributed by atoms with van der Waals surface area (Å²) < 4.78 is 3.46. The Kier molecular flexibility index (Phi) is 5.37. The second-order valence-electron chi connectivity index (χ2n) is 6.53. The van der Waals surface area contributed by atoms with Crippen molar-refractivity contribution in [2.75, 3.05) is 5.43 Å². The van der Waals surface area contributed by atoms with Crippen LogP contribution in [0, 0.1) is 17.4 Å². The van der Waals surface area contributed by atoms with E-state index in [-0.39, 0.29) is 0 Å². The highest BCUT2D eigenvalue weighted by Gasteiger charge is 2.09. The molecule has 0 spiro atoms. The van der Waals surface area contributed by atoms with Gasteiger partial charge in [0.1, 0.15) is 0 Å². The second-order valence-corrected chi connectivity index (χ2v) is 8.21. The first-order chi connectivity index (χ1) is 13.5. The highest BCUT2D eigenvalue weighted by molar-refractivity contribution is 14.1. The summed E-state index contributed by atoms with van der Waals surface area (Å²) in [5.41, 5.74) is 9.41. The Morgan fingerprint density at radius 1 is 1.07 bits per heavy atom. The van der Waals surface area contributed by atoms with Gasteiger partial charge in [-0.15, -0.1) is 0 Å². The van der Waals surface area contributed by atoms with Gasteiger partial charge in [-0.25, -0.2) is 0 Å². The van der Waals surface area contributed by atoms with Gasteiger partial charge >= 0.3 is 0 Å². The Morgan fingerprint density at radius 3 is 2.64 bits per heavy atom. The molecule has 2 aromatic carbocycles. The fourth-order valence-electron chi connectivity index (χ4n) is 3.30. The lowest BCUT2D eigenvalue weighted by molar-refractivity contribution is 0.964. The molecular formula is C22H18ClIN4. The van der Waals surface area contributed by atoms with E-state index >= 15 is 0 Å². The summed E-state index contributed by atoms with van der Waals surface area (Å²) in [5.74, 6) is 0. The maximum atomic E-state index is 6.06. The van der Waals surface area contributed by atoms with Gasteiger partial charge in [0.15, 0.2) is 0 Å². The quantitative estimate of drug-likeness (QED) is 0.202. The number of halogens is 2. The first kappa shape index (κ1) is 19.0. The number of aryl methyl sites for hydroxylation is 1. The van der Waals surface area contributed by atoms with Crippen LogP contribution in [-0.4, -0.2) is 15.8 Å². The molecule has 28 heavy (non-hydrogen) atoms. The number of anilines is 1. The third-order valence-electron chi connectivity index (χ3n) is 4.65. The van der Waals surface area contributed by atoms with E-state index in [0.29, 0.717) is 5.02 Å². The fraction of sp³-hybridized carbons (Fsp3) is 0.0909. The summed E-state index contributed by atoms with van der Waals surface area (Å²) in [4.78, 5) is 4.36. The van der Waals surface area contributed by atoms with E-state index in [9.17, 15) is 0 Å². The number of hydrazone groups is 1. The number of hydrogen-bond acceptors (Lipinski definition) is 3. The number of benzene rings is 2. The number of pyridine rings is 1. The van der Waals surface area contributed by atoms with Crippen molar-refractivity contribution in [2.45, 2.75) is 13.8 Å². The number of aromatic nitrogens is 2. The third-order valence-corrected chi connectivity index (χ3v) is 5.60. The van der Waals surface area contributed by atoms with E-state index in [1.165, 1.54) is 9.26 Å². The largest absolute Gasteiger partial charge is 0.318 e. The van der Waals surface area contributed by atoms with Crippen molar-refractivity contribution in [2.24, 2.45) is 5.10 Å². The minimum absolute atomic E-state index is 0.670. The molecular weight excluding hydrogens is 483 g/mol. The highest BCUT2D eigenvalue weighted by Crippen LogP contribution is 2.25. The fourth-order valence-corrected chi connectivity index (χ4v) is 3.82. The van der Waals surface area contributed by atoms with Crippen LogP contribution >= 0.6 is 34.2 Å². The molecule has 0 aliphatic carbocycles. The first-order valence-corrected chi connectivity index (χ1v) is 10.3. The molecule has 0 bridgehead atoms. The number of nitrogens with zero attached hydrogens (tertiary/aromatic N) is 3. The number of hydrogen-bond donors (Lipinski definition) is 1. The molecule has 140 valence electrons. The molecule has 0 saturated heterocycles. The molecule has 2 heterocycles. The predicted molar refractivity (Wildman–Crippen MR) is 126 cm³/mol. The minimum Gasteiger partial charge on any atom is -0.318 e. The zero-order valence-electron chi connectivity index (χ0n) is 15.4. The van der Waals surface area contributed by atoms with Crippen LogP contribution in [0.3, 0.4) is 0 Å². The van der Waals surface area contributed by atoms with E-state index in [4.69, 9.17) is 11.6 Å². The Labute approximate surface area is 182 Å². The standard InChI is InChI=1S/C22H18ClIN4/c1-14-11-16(15(2)28(14)19-6-4-18(24)5-7-19)13-26-27-21-9-10-25-22-12-17(23)3-8-20(21)22/h3-13H,1-2H3,(H,25,27)/b26-13+. The molecule has 4 rings (SSSR count). The molecule has 0 radical (unpaired) electrons. The van der Waals surface area contributed by atoms with Crippen LogP contribution in [0.1, 0.15) is 17.0 Å². The molecule has 2 aromatic heterocycles. The number of rotatable bonds is 4. The van der Waals surface area contributed by atoms with Gasteiger partial charge in [0.2, 0.25) is 0 Å². The van der Waals surface area contributed by atoms with Gasteiger partial charge in [-0.1, -0.05) is 11.6 Å². The van der Waals surface area contributed by atoms with Gasteiger partial charge in [0.25, 0.3) is 0 Å². The van der Waals surface area contributed by atoms with Crippen LogP contribution in [-0.2, 0) is 0 Å². The van der Waals surface area contributed by atoms with Crippen molar-refractivity contribution >= 4 is 57.0 Å². The maximum absolute atomic E-state index is 6.06. The predicted octanol–water partition coefficient (Wildman–Crippen LogP) is 6.35. The summed E-state index contributed by atoms with van der Waals surface area (Å²) in [6.45, 7) is 4.21. The normalized spacial score (nSPS) is 11.4. The van der Waals surface area contributed by atoms with Crippen molar-refractivity contribution in [1.29, 1.82) is 0 Å². The topological polar surface area (TPSA) is 42.2 Å². The molecule has 0 saturated carbocycles. The zero-order valence-corrected chi connectivity index (χ0v) is 18.4. The molecule has 4 aromatic rings. The van der Waals surface area contributed by atoms with Gasteiger partial charge in [-0.2, -0.15) is 5.10 Å². The molecule has 1 N–H and O–H groups in total. The Balaban J connectivity index is 1.61. The van der Waals surface area contributed by atoms with Crippen LogP contribution in [0.5, 0.6) is 0 Å². The number of nitrogens with one attached hydrogen (secondary N) is 1. The van der Waals surface area contributed by atoms with E-state index in [2.05, 4.69) is 86.8 Å². The monoisotopic (exact) mass is 500 g/mol. The van der Waals surface area contributed by atoms with E-state index in [1.807, 2.05) is 30.5 Å². The minimum atomic E-state index is 0.670. The molecule has 0 atom stereocenters. The van der Waals surface area contributed by atoms with Crippen LogP contribution in [0.2, 0.25) is 5.02 Å². The van der Waals surface area contributed by atoms with Crippen LogP contribution < -0.4 is 5.43 Å². The van der Waals surface area contributed by atoms with Crippen molar-refractivity contribution in [3.63, 3.8) is 0 Å². The Bertz CT molecular complexity index is 1180. The molecule has 0 aliphatic heterocycles. The highest BCUT2D eigenvalue weighted by atomic mass is 127. The van der Waals surface area contributed by atoms with Gasteiger partial charge in [0, 0.05) is 42.8 Å². The lowest BCUT2D eigenvalue weighted by Gasteiger charge is -2.09. The smallest absolute Gasteiger partial charge is 0.0738 e. The van der Waals surface area contributed by atoms with Gasteiger partial charge < -0.3 is 4.57 Å². The Hall–Kier alpha value is -2.38. The van der Waals surface area contributed by atoms with Crippen molar-refractivity contribution in [3.05, 3.63) is 86.3 Å². The van der Waals surface area contributed by atoms with Crippen LogP contribution in [0.25, 0.3) is 16.6 Å². The molecule has 0 fully saturated rings. The van der Waals surface area contributed by atoms with Gasteiger partial charge in [-0.05, 0) is 91.0 Å². The maximum Gasteiger partial charge on any atom is 0.0738 e. The molecule has 0 unspecified atom stereocenters. The van der Waals surface area contributed by atoms with Crippen molar-refractivity contribution in [3.8, 4) is 5.69 Å². The van der Waals surface area contributed by atoms with Crippen molar-refractivity contribution in [1.82, 2.24) is 9.55 Å². The molecule has 6 heteroatoms. The average Bonchev–Trinajstić information content (AvgIpc) is 2.96. The summed E-state index contributed by atoms with van der Waals surface area (Å²) in [6.07, 6.45) is 3.60. The SMILES string of the molecule is Cc1cc(/C=N/Nc2ccnc3cc(Cl)ccc23)c(C)n1-c1ccc(I)cc1. The zero-order chi connectivity index (χ0) is 19.7. The second kappa shape index (κ2) is 7.93. The summed E-state index contributed by atoms with van der Waals surface area (Å²) in [7, 11) is 0. The van der Waals surface area contributed by atoms with Gasteiger partial charge in [0.05, 0.1) is 17.4 Å². The molecule has 0 aliphatic rings. The lowest BCUT2D eigenvalue weighted by Crippen LogP contribution is -2.00. The van der Waals surface area contributed by atoms with E-state index in [1.54, 1.807) is 6.20 Å². The third kappa shape index (κ3) is 3.77.